The number of hydrogen-bond donors (Lipinski definition) is 1. The quantitative estimate of drug-likeness (QED) is 0.757. The van der Waals surface area contributed by atoms with E-state index in [0.29, 0.717) is 0 Å². The molecule has 8 nitrogen and oxygen atoms in total. The number of benzene rings is 1. The standard InChI is InChI=1S/C13H10ClFN6O2/c1-7-2-3-9(15)10(4-7)21-11(17-18-19-21)6-20-5-8(14)12(22)16-13(20)23/h2-5H,6H2,1H3,(H,16,22,23). The van der Waals surface area contributed by atoms with Crippen molar-refractivity contribution in [1.29, 1.82) is 0 Å². The van der Waals surface area contributed by atoms with Crippen LogP contribution in [-0.2, 0) is 6.54 Å². The number of H-pyrrole nitrogens is 1. The number of nitrogens with one attached hydrogen (secondary N) is 1. The summed E-state index contributed by atoms with van der Waals surface area (Å²) >= 11 is 5.71. The van der Waals surface area contributed by atoms with E-state index in [1.165, 1.54) is 16.9 Å². The average Bonchev–Trinajstić information content (AvgIpc) is 2.95. The molecule has 1 N–H and O–H groups in total. The van der Waals surface area contributed by atoms with Gasteiger partial charge < -0.3 is 0 Å². The molecule has 10 heteroatoms. The number of rotatable bonds is 3. The van der Waals surface area contributed by atoms with Gasteiger partial charge in [0.1, 0.15) is 16.5 Å². The number of nitrogens with zero attached hydrogens (tertiary/aromatic N) is 5. The van der Waals surface area contributed by atoms with Crippen molar-refractivity contribution in [1.82, 2.24) is 29.8 Å². The van der Waals surface area contributed by atoms with Crippen LogP contribution >= 0.6 is 11.6 Å². The van der Waals surface area contributed by atoms with Crippen LogP contribution in [0.2, 0.25) is 5.02 Å². The molecule has 0 aliphatic heterocycles. The van der Waals surface area contributed by atoms with Crippen LogP contribution in [0.1, 0.15) is 11.4 Å². The molecule has 0 aliphatic carbocycles. The minimum atomic E-state index is -0.683. The fraction of sp³-hybridized carbons (Fsp3) is 0.154. The van der Waals surface area contributed by atoms with Crippen LogP contribution in [0.5, 0.6) is 0 Å². The summed E-state index contributed by atoms with van der Waals surface area (Å²) in [6.45, 7) is 1.72. The molecule has 118 valence electrons. The van der Waals surface area contributed by atoms with Crippen molar-refractivity contribution in [2.24, 2.45) is 0 Å². The van der Waals surface area contributed by atoms with Gasteiger partial charge in [0.25, 0.3) is 5.56 Å². The minimum Gasteiger partial charge on any atom is -0.291 e. The van der Waals surface area contributed by atoms with E-state index in [-0.39, 0.29) is 23.1 Å². The van der Waals surface area contributed by atoms with Gasteiger partial charge in [-0.25, -0.2) is 9.18 Å². The Hall–Kier alpha value is -2.81. The van der Waals surface area contributed by atoms with E-state index >= 15 is 0 Å². The lowest BCUT2D eigenvalue weighted by Crippen LogP contribution is -2.30. The molecule has 2 heterocycles. The van der Waals surface area contributed by atoms with Crippen molar-refractivity contribution in [3.8, 4) is 5.69 Å². The number of aromatic nitrogens is 6. The van der Waals surface area contributed by atoms with Gasteiger partial charge in [0.2, 0.25) is 0 Å². The number of aryl methyl sites for hydroxylation is 1. The zero-order chi connectivity index (χ0) is 16.6. The van der Waals surface area contributed by atoms with Crippen molar-refractivity contribution in [3.63, 3.8) is 0 Å². The Morgan fingerprint density at radius 3 is 2.91 bits per heavy atom. The van der Waals surface area contributed by atoms with E-state index in [1.54, 1.807) is 19.1 Å². The highest BCUT2D eigenvalue weighted by molar-refractivity contribution is 6.30. The molecule has 3 aromatic rings. The van der Waals surface area contributed by atoms with E-state index in [0.717, 1.165) is 10.1 Å². The first kappa shape index (κ1) is 15.1. The Bertz CT molecular complexity index is 993. The normalized spacial score (nSPS) is 10.9. The molecule has 23 heavy (non-hydrogen) atoms. The molecule has 0 spiro atoms. The van der Waals surface area contributed by atoms with E-state index in [1.807, 2.05) is 0 Å². The highest BCUT2D eigenvalue weighted by Gasteiger charge is 2.14. The van der Waals surface area contributed by atoms with Crippen LogP contribution in [0.15, 0.2) is 34.0 Å². The van der Waals surface area contributed by atoms with Crippen molar-refractivity contribution in [3.05, 3.63) is 67.5 Å². The number of hydrogen-bond acceptors (Lipinski definition) is 5. The molecule has 0 fully saturated rings. The van der Waals surface area contributed by atoms with Crippen molar-refractivity contribution in [2.45, 2.75) is 13.5 Å². The molecule has 0 saturated carbocycles. The maximum atomic E-state index is 14.0. The average molecular weight is 337 g/mol. The number of tetrazole rings is 1. The van der Waals surface area contributed by atoms with Crippen LogP contribution in [-0.4, -0.2) is 29.8 Å². The summed E-state index contributed by atoms with van der Waals surface area (Å²) in [5.74, 6) is -0.296. The predicted molar refractivity (Wildman–Crippen MR) is 79.3 cm³/mol. The van der Waals surface area contributed by atoms with Crippen LogP contribution in [0, 0.1) is 12.7 Å². The third-order valence-electron chi connectivity index (χ3n) is 3.14. The highest BCUT2D eigenvalue weighted by atomic mass is 35.5. The Morgan fingerprint density at radius 1 is 1.35 bits per heavy atom. The fourth-order valence-corrected chi connectivity index (χ4v) is 2.19. The van der Waals surface area contributed by atoms with Gasteiger partial charge in [-0.15, -0.1) is 5.10 Å². The SMILES string of the molecule is Cc1ccc(F)c(-n2nnnc2Cn2cc(Cl)c(=O)[nH]c2=O)c1. The topological polar surface area (TPSA) is 98.5 Å². The molecule has 0 amide bonds. The maximum absolute atomic E-state index is 14.0. The molecule has 0 atom stereocenters. The molecular weight excluding hydrogens is 327 g/mol. The van der Waals surface area contributed by atoms with Crippen molar-refractivity contribution >= 4 is 11.6 Å². The summed E-state index contributed by atoms with van der Waals surface area (Å²) in [4.78, 5) is 25.1. The molecule has 0 unspecified atom stereocenters. The first-order valence-electron chi connectivity index (χ1n) is 6.49. The van der Waals surface area contributed by atoms with Crippen LogP contribution < -0.4 is 11.2 Å². The zero-order valence-electron chi connectivity index (χ0n) is 11.8. The fourth-order valence-electron chi connectivity index (χ4n) is 2.03. The van der Waals surface area contributed by atoms with Crippen molar-refractivity contribution in [2.75, 3.05) is 0 Å². The number of aromatic amines is 1. The zero-order valence-corrected chi connectivity index (χ0v) is 12.6. The Balaban J connectivity index is 2.06. The van der Waals surface area contributed by atoms with Gasteiger partial charge >= 0.3 is 5.69 Å². The monoisotopic (exact) mass is 336 g/mol. The van der Waals surface area contributed by atoms with Crippen LogP contribution in [0.25, 0.3) is 5.69 Å². The molecule has 0 aliphatic rings. The van der Waals surface area contributed by atoms with Gasteiger partial charge in [-0.2, -0.15) is 4.68 Å². The lowest BCUT2D eigenvalue weighted by molar-refractivity contribution is 0.594. The summed E-state index contributed by atoms with van der Waals surface area (Å²) in [7, 11) is 0. The van der Waals surface area contributed by atoms with E-state index in [2.05, 4.69) is 20.5 Å². The molecular formula is C13H10ClFN6O2. The smallest absolute Gasteiger partial charge is 0.291 e. The third kappa shape index (κ3) is 2.90. The van der Waals surface area contributed by atoms with Gasteiger partial charge in [0.15, 0.2) is 5.82 Å². The first-order chi connectivity index (χ1) is 11.0. The van der Waals surface area contributed by atoms with Gasteiger partial charge in [-0.1, -0.05) is 17.7 Å². The largest absolute Gasteiger partial charge is 0.328 e. The molecule has 3 rings (SSSR count). The molecule has 0 saturated heterocycles. The van der Waals surface area contributed by atoms with E-state index < -0.39 is 17.1 Å². The summed E-state index contributed by atoms with van der Waals surface area (Å²) in [5, 5.41) is 10.9. The molecule has 0 bridgehead atoms. The summed E-state index contributed by atoms with van der Waals surface area (Å²) in [6.07, 6.45) is 1.17. The highest BCUT2D eigenvalue weighted by Crippen LogP contribution is 2.15. The Labute approximate surface area is 133 Å². The second-order valence-electron chi connectivity index (χ2n) is 4.83. The van der Waals surface area contributed by atoms with Crippen molar-refractivity contribution < 1.29 is 4.39 Å². The lowest BCUT2D eigenvalue weighted by atomic mass is 10.2. The van der Waals surface area contributed by atoms with Crippen LogP contribution in [0.3, 0.4) is 0 Å². The predicted octanol–water partition coefficient (Wildman–Crippen LogP) is 0.662. The first-order valence-corrected chi connectivity index (χ1v) is 6.86. The Kier molecular flexibility index (Phi) is 3.78. The lowest BCUT2D eigenvalue weighted by Gasteiger charge is -2.08. The van der Waals surface area contributed by atoms with Gasteiger partial charge in [0, 0.05) is 6.20 Å². The van der Waals surface area contributed by atoms with Crippen LogP contribution in [0.4, 0.5) is 4.39 Å². The summed E-state index contributed by atoms with van der Waals surface area (Å²) in [6, 6.07) is 4.51. The molecule has 2 aromatic heterocycles. The minimum absolute atomic E-state index is 0.0876. The Morgan fingerprint density at radius 2 is 2.13 bits per heavy atom. The van der Waals surface area contributed by atoms with Gasteiger partial charge in [-0.3, -0.25) is 14.3 Å². The van der Waals surface area contributed by atoms with Gasteiger partial charge in [-0.05, 0) is 35.0 Å². The maximum Gasteiger partial charge on any atom is 0.328 e. The van der Waals surface area contributed by atoms with E-state index in [9.17, 15) is 14.0 Å². The number of halogens is 2. The second-order valence-corrected chi connectivity index (χ2v) is 5.23. The summed E-state index contributed by atoms with van der Waals surface area (Å²) < 4.78 is 16.3. The third-order valence-corrected chi connectivity index (χ3v) is 3.41. The molecule has 1 aromatic carbocycles. The second kappa shape index (κ2) is 5.76. The summed E-state index contributed by atoms with van der Waals surface area (Å²) in [5.41, 5.74) is -0.364. The van der Waals surface area contributed by atoms with Gasteiger partial charge in [0.05, 0.1) is 6.54 Å². The van der Waals surface area contributed by atoms with E-state index in [4.69, 9.17) is 11.6 Å². The molecule has 0 radical (unpaired) electrons.